The summed E-state index contributed by atoms with van der Waals surface area (Å²) in [5, 5.41) is 5.64. The molecule has 2 amide bonds. The maximum atomic E-state index is 12.2. The molecule has 0 aliphatic heterocycles. The molecule has 0 bridgehead atoms. The highest BCUT2D eigenvalue weighted by Gasteiger charge is 2.13. The lowest BCUT2D eigenvalue weighted by molar-refractivity contribution is -0.115. The molecule has 27 heavy (non-hydrogen) atoms. The zero-order chi connectivity index (χ0) is 19.2. The number of para-hydroxylation sites is 3. The van der Waals surface area contributed by atoms with Crippen LogP contribution >= 0.6 is 27.5 Å². The lowest BCUT2D eigenvalue weighted by Crippen LogP contribution is -2.32. The monoisotopic (exact) mass is 448 g/mol. The van der Waals surface area contributed by atoms with E-state index in [2.05, 4.69) is 26.6 Å². The predicted octanol–water partition coefficient (Wildman–Crippen LogP) is 4.86. The Balaban J connectivity index is 1.62. The van der Waals surface area contributed by atoms with Crippen LogP contribution < -0.4 is 15.4 Å². The van der Waals surface area contributed by atoms with Crippen molar-refractivity contribution in [2.24, 2.45) is 0 Å². The SMILES string of the molecule is O=C(CNC(=O)c1ccc(Br)o1)Nc1ccccc1Oc1ccccc1Cl. The Kier molecular flexibility index (Phi) is 6.16. The highest BCUT2D eigenvalue weighted by molar-refractivity contribution is 9.10. The number of hydrogen-bond acceptors (Lipinski definition) is 4. The third-order valence-corrected chi connectivity index (χ3v) is 4.16. The van der Waals surface area contributed by atoms with Crippen LogP contribution in [0.1, 0.15) is 10.6 Å². The van der Waals surface area contributed by atoms with Gasteiger partial charge in [-0.3, -0.25) is 9.59 Å². The van der Waals surface area contributed by atoms with E-state index in [-0.39, 0.29) is 12.3 Å². The number of furan rings is 1. The Morgan fingerprint density at radius 1 is 1.00 bits per heavy atom. The van der Waals surface area contributed by atoms with Crippen molar-refractivity contribution in [1.29, 1.82) is 0 Å². The van der Waals surface area contributed by atoms with E-state index in [0.29, 0.717) is 26.9 Å². The summed E-state index contributed by atoms with van der Waals surface area (Å²) in [6, 6.07) is 17.1. The second kappa shape index (κ2) is 8.75. The molecule has 0 aliphatic rings. The fourth-order valence-corrected chi connectivity index (χ4v) is 2.66. The number of amides is 2. The number of hydrogen-bond donors (Lipinski definition) is 2. The van der Waals surface area contributed by atoms with Crippen molar-refractivity contribution < 1.29 is 18.7 Å². The summed E-state index contributed by atoms with van der Waals surface area (Å²) < 4.78 is 11.4. The molecule has 3 aromatic rings. The first-order chi connectivity index (χ1) is 13.0. The van der Waals surface area contributed by atoms with Gasteiger partial charge in [-0.1, -0.05) is 35.9 Å². The number of ether oxygens (including phenoxy) is 1. The molecule has 1 heterocycles. The van der Waals surface area contributed by atoms with Crippen LogP contribution in [-0.2, 0) is 4.79 Å². The second-order valence-electron chi connectivity index (χ2n) is 5.36. The average molecular weight is 450 g/mol. The van der Waals surface area contributed by atoms with Crippen LogP contribution in [-0.4, -0.2) is 18.4 Å². The molecular weight excluding hydrogens is 436 g/mol. The molecule has 0 spiro atoms. The first-order valence-corrected chi connectivity index (χ1v) is 9.05. The molecule has 138 valence electrons. The minimum atomic E-state index is -0.489. The van der Waals surface area contributed by atoms with E-state index < -0.39 is 11.8 Å². The Labute approximate surface area is 168 Å². The van der Waals surface area contributed by atoms with Gasteiger partial charge in [0.25, 0.3) is 5.91 Å². The number of rotatable bonds is 6. The van der Waals surface area contributed by atoms with Gasteiger partial charge < -0.3 is 19.8 Å². The van der Waals surface area contributed by atoms with Crippen LogP contribution in [0, 0.1) is 0 Å². The molecule has 0 fully saturated rings. The molecule has 0 unspecified atom stereocenters. The standard InChI is InChI=1S/C19H14BrClN2O4/c20-17-10-9-16(27-17)19(25)22-11-18(24)23-13-6-2-4-8-15(13)26-14-7-3-1-5-12(14)21/h1-10H,11H2,(H,22,25)(H,23,24). The second-order valence-corrected chi connectivity index (χ2v) is 6.55. The van der Waals surface area contributed by atoms with Gasteiger partial charge in [-0.05, 0) is 52.3 Å². The largest absolute Gasteiger partial charge is 0.454 e. The third kappa shape index (κ3) is 5.12. The molecule has 3 rings (SSSR count). The lowest BCUT2D eigenvalue weighted by Gasteiger charge is -2.13. The first-order valence-electron chi connectivity index (χ1n) is 7.88. The minimum Gasteiger partial charge on any atom is -0.454 e. The smallest absolute Gasteiger partial charge is 0.287 e. The molecule has 2 N–H and O–H groups in total. The summed E-state index contributed by atoms with van der Waals surface area (Å²) in [5.74, 6) is 0.107. The summed E-state index contributed by atoms with van der Waals surface area (Å²) in [7, 11) is 0. The Morgan fingerprint density at radius 2 is 1.70 bits per heavy atom. The predicted molar refractivity (Wildman–Crippen MR) is 105 cm³/mol. The molecule has 1 aromatic heterocycles. The van der Waals surface area contributed by atoms with Gasteiger partial charge in [-0.25, -0.2) is 0 Å². The maximum Gasteiger partial charge on any atom is 0.287 e. The molecule has 2 aromatic carbocycles. The van der Waals surface area contributed by atoms with Crippen molar-refractivity contribution in [3.8, 4) is 11.5 Å². The van der Waals surface area contributed by atoms with Crippen molar-refractivity contribution in [3.05, 3.63) is 76.1 Å². The third-order valence-electron chi connectivity index (χ3n) is 3.42. The fraction of sp³-hybridized carbons (Fsp3) is 0.0526. The van der Waals surface area contributed by atoms with Crippen LogP contribution in [0.2, 0.25) is 5.02 Å². The van der Waals surface area contributed by atoms with E-state index in [1.165, 1.54) is 6.07 Å². The Morgan fingerprint density at radius 3 is 2.41 bits per heavy atom. The number of carbonyl (C=O) groups excluding carboxylic acids is 2. The van der Waals surface area contributed by atoms with E-state index in [0.717, 1.165) is 0 Å². The van der Waals surface area contributed by atoms with Gasteiger partial charge in [-0.2, -0.15) is 0 Å². The highest BCUT2D eigenvalue weighted by atomic mass is 79.9. The Hall–Kier alpha value is -2.77. The van der Waals surface area contributed by atoms with Crippen LogP contribution in [0.3, 0.4) is 0 Å². The topological polar surface area (TPSA) is 80.6 Å². The van der Waals surface area contributed by atoms with Crippen LogP contribution in [0.4, 0.5) is 5.69 Å². The maximum absolute atomic E-state index is 12.2. The Bertz CT molecular complexity index is 974. The van der Waals surface area contributed by atoms with E-state index in [9.17, 15) is 9.59 Å². The molecule has 0 atom stereocenters. The number of nitrogens with one attached hydrogen (secondary N) is 2. The van der Waals surface area contributed by atoms with Crippen LogP contribution in [0.15, 0.2) is 69.8 Å². The van der Waals surface area contributed by atoms with Crippen molar-refractivity contribution >= 4 is 45.0 Å². The van der Waals surface area contributed by atoms with Crippen molar-refractivity contribution in [1.82, 2.24) is 5.32 Å². The van der Waals surface area contributed by atoms with Crippen LogP contribution in [0.25, 0.3) is 0 Å². The molecular formula is C19H14BrClN2O4. The number of halogens is 2. The number of anilines is 1. The minimum absolute atomic E-state index is 0.108. The van der Waals surface area contributed by atoms with Gasteiger partial charge in [0.05, 0.1) is 17.3 Å². The summed E-state index contributed by atoms with van der Waals surface area (Å²) in [6.45, 7) is -0.225. The average Bonchev–Trinajstić information content (AvgIpc) is 3.10. The summed E-state index contributed by atoms with van der Waals surface area (Å²) >= 11 is 9.22. The van der Waals surface area contributed by atoms with Crippen molar-refractivity contribution in [3.63, 3.8) is 0 Å². The van der Waals surface area contributed by atoms with Gasteiger partial charge in [0.1, 0.15) is 5.75 Å². The number of carbonyl (C=O) groups is 2. The van der Waals surface area contributed by atoms with E-state index in [1.54, 1.807) is 54.6 Å². The summed E-state index contributed by atoms with van der Waals surface area (Å²) in [6.07, 6.45) is 0. The van der Waals surface area contributed by atoms with Gasteiger partial charge >= 0.3 is 0 Å². The first kappa shape index (κ1) is 19.0. The summed E-state index contributed by atoms with van der Waals surface area (Å²) in [4.78, 5) is 24.1. The highest BCUT2D eigenvalue weighted by Crippen LogP contribution is 2.33. The summed E-state index contributed by atoms with van der Waals surface area (Å²) in [5.41, 5.74) is 0.456. The van der Waals surface area contributed by atoms with E-state index >= 15 is 0 Å². The van der Waals surface area contributed by atoms with Gasteiger partial charge in [0.2, 0.25) is 5.91 Å². The zero-order valence-electron chi connectivity index (χ0n) is 13.9. The fourth-order valence-electron chi connectivity index (χ4n) is 2.18. The normalized spacial score (nSPS) is 10.3. The lowest BCUT2D eigenvalue weighted by atomic mass is 10.2. The zero-order valence-corrected chi connectivity index (χ0v) is 16.2. The van der Waals surface area contributed by atoms with Gasteiger partial charge in [0, 0.05) is 0 Å². The van der Waals surface area contributed by atoms with E-state index in [1.807, 2.05) is 0 Å². The molecule has 0 saturated heterocycles. The molecule has 0 saturated carbocycles. The van der Waals surface area contributed by atoms with Crippen LogP contribution in [0.5, 0.6) is 11.5 Å². The molecule has 0 radical (unpaired) electrons. The van der Waals surface area contributed by atoms with Crippen molar-refractivity contribution in [2.75, 3.05) is 11.9 Å². The molecule has 6 nitrogen and oxygen atoms in total. The van der Waals surface area contributed by atoms with Gasteiger partial charge in [-0.15, -0.1) is 0 Å². The van der Waals surface area contributed by atoms with Crippen molar-refractivity contribution in [2.45, 2.75) is 0 Å². The molecule has 0 aliphatic carbocycles. The van der Waals surface area contributed by atoms with E-state index in [4.69, 9.17) is 20.8 Å². The number of benzene rings is 2. The quantitative estimate of drug-likeness (QED) is 0.563. The molecule has 8 heteroatoms. The van der Waals surface area contributed by atoms with Gasteiger partial charge in [0.15, 0.2) is 16.2 Å².